The lowest BCUT2D eigenvalue weighted by molar-refractivity contribution is -0.00000566. The average Bonchev–Trinajstić information content (AvgIpc) is 2.80. The van der Waals surface area contributed by atoms with Gasteiger partial charge in [0.05, 0.1) is 17.8 Å². The molecule has 0 amide bonds. The first-order valence-corrected chi connectivity index (χ1v) is 11.3. The number of nitrogens with zero attached hydrogens (tertiary/aromatic N) is 1. The van der Waals surface area contributed by atoms with Crippen LogP contribution in [0.2, 0.25) is 0 Å². The molecule has 0 fully saturated rings. The Morgan fingerprint density at radius 3 is 1.28 bits per heavy atom. The van der Waals surface area contributed by atoms with Crippen molar-refractivity contribution in [1.29, 1.82) is 5.26 Å². The van der Waals surface area contributed by atoms with Gasteiger partial charge in [0.15, 0.2) is 0 Å². The molecule has 0 unspecified atom stereocenters. The summed E-state index contributed by atoms with van der Waals surface area (Å²) < 4.78 is 0. The van der Waals surface area contributed by atoms with E-state index in [1.165, 1.54) is 21.5 Å². The lowest BCUT2D eigenvalue weighted by atomic mass is 10.2. The molecular weight excluding hydrogens is 393 g/mol. The largest absolute Gasteiger partial charge is 1.00 e. The number of nitriles is 1. The maximum atomic E-state index is 9.15. The van der Waals surface area contributed by atoms with Gasteiger partial charge in [-0.2, -0.15) is 5.26 Å². The molecule has 0 saturated carbocycles. The molecule has 0 N–H and O–H groups in total. The summed E-state index contributed by atoms with van der Waals surface area (Å²) in [6.07, 6.45) is 0.927. The van der Waals surface area contributed by atoms with Crippen molar-refractivity contribution in [3.05, 3.63) is 126 Å². The number of halogens is 1. The Morgan fingerprint density at radius 1 is 0.552 bits per heavy atom. The van der Waals surface area contributed by atoms with E-state index < -0.39 is 7.26 Å². The summed E-state index contributed by atoms with van der Waals surface area (Å²) in [7, 11) is -1.88. The van der Waals surface area contributed by atoms with Gasteiger partial charge >= 0.3 is 0 Å². The van der Waals surface area contributed by atoms with Crippen LogP contribution in [-0.2, 0) is 6.16 Å². The summed E-state index contributed by atoms with van der Waals surface area (Å²) in [6.45, 7) is 0. The second-order valence-electron chi connectivity index (χ2n) is 6.78. The van der Waals surface area contributed by atoms with E-state index in [9.17, 15) is 0 Å². The van der Waals surface area contributed by atoms with Gasteiger partial charge < -0.3 is 12.4 Å². The van der Waals surface area contributed by atoms with Gasteiger partial charge in [-0.15, -0.1) is 0 Å². The van der Waals surface area contributed by atoms with Crippen molar-refractivity contribution >= 4 is 23.2 Å². The van der Waals surface area contributed by atoms with Crippen molar-refractivity contribution < 1.29 is 12.4 Å². The van der Waals surface area contributed by atoms with Crippen molar-refractivity contribution in [2.24, 2.45) is 0 Å². The van der Waals surface area contributed by atoms with Gasteiger partial charge in [-0.1, -0.05) is 66.7 Å². The van der Waals surface area contributed by atoms with E-state index in [4.69, 9.17) is 5.26 Å². The Labute approximate surface area is 179 Å². The fourth-order valence-electron chi connectivity index (χ4n) is 3.73. The zero-order chi connectivity index (χ0) is 19.2. The van der Waals surface area contributed by atoms with Gasteiger partial charge in [0.25, 0.3) is 0 Å². The van der Waals surface area contributed by atoms with Gasteiger partial charge in [-0.05, 0) is 54.1 Å². The van der Waals surface area contributed by atoms with E-state index in [-0.39, 0.29) is 12.4 Å². The summed E-state index contributed by atoms with van der Waals surface area (Å²) in [5.41, 5.74) is 1.95. The van der Waals surface area contributed by atoms with E-state index in [2.05, 4.69) is 109 Å². The molecule has 142 valence electrons. The third-order valence-corrected chi connectivity index (χ3v) is 9.47. The van der Waals surface area contributed by atoms with Crippen LogP contribution in [0.3, 0.4) is 0 Å². The van der Waals surface area contributed by atoms with E-state index in [1.54, 1.807) is 0 Å². The van der Waals surface area contributed by atoms with Crippen LogP contribution in [-0.4, -0.2) is 0 Å². The van der Waals surface area contributed by atoms with Crippen LogP contribution in [0.1, 0.15) is 11.1 Å². The molecule has 4 aromatic carbocycles. The number of hydrogen-bond acceptors (Lipinski definition) is 1. The van der Waals surface area contributed by atoms with Crippen LogP contribution in [0.25, 0.3) is 0 Å². The SMILES string of the molecule is N#Cc1ccc(C[P+](c2ccccc2)(c2ccccc2)c2ccccc2)cc1.[Cl-]. The summed E-state index contributed by atoms with van der Waals surface area (Å²) in [4.78, 5) is 0. The first kappa shape index (κ1) is 20.8. The Hall–Kier alpha value is -2.91. The lowest BCUT2D eigenvalue weighted by Gasteiger charge is -2.27. The van der Waals surface area contributed by atoms with Crippen molar-refractivity contribution in [3.63, 3.8) is 0 Å². The molecule has 0 spiro atoms. The van der Waals surface area contributed by atoms with Gasteiger partial charge in [-0.25, -0.2) is 0 Å². The predicted octanol–water partition coefficient (Wildman–Crippen LogP) is 2.06. The van der Waals surface area contributed by atoms with E-state index in [1.807, 2.05) is 12.1 Å². The predicted molar refractivity (Wildman–Crippen MR) is 120 cm³/mol. The number of rotatable bonds is 5. The molecule has 0 radical (unpaired) electrons. The topological polar surface area (TPSA) is 23.8 Å². The molecule has 0 aliphatic rings. The second kappa shape index (κ2) is 9.53. The highest BCUT2D eigenvalue weighted by Crippen LogP contribution is 2.58. The molecule has 0 aromatic heterocycles. The highest BCUT2D eigenvalue weighted by atomic mass is 35.5. The van der Waals surface area contributed by atoms with Crippen LogP contribution in [0, 0.1) is 11.3 Å². The monoisotopic (exact) mass is 413 g/mol. The van der Waals surface area contributed by atoms with Crippen molar-refractivity contribution in [3.8, 4) is 6.07 Å². The van der Waals surface area contributed by atoms with Crippen LogP contribution in [0.5, 0.6) is 0 Å². The van der Waals surface area contributed by atoms with Crippen LogP contribution < -0.4 is 28.3 Å². The van der Waals surface area contributed by atoms with E-state index in [0.29, 0.717) is 5.56 Å². The zero-order valence-corrected chi connectivity index (χ0v) is 17.6. The number of hydrogen-bond donors (Lipinski definition) is 0. The maximum absolute atomic E-state index is 9.15. The summed E-state index contributed by atoms with van der Waals surface area (Å²) in [5.74, 6) is 0. The van der Waals surface area contributed by atoms with Gasteiger partial charge in [-0.3, -0.25) is 0 Å². The third-order valence-electron chi connectivity index (χ3n) is 5.09. The Balaban J connectivity index is 0.00000240. The minimum atomic E-state index is -1.88. The van der Waals surface area contributed by atoms with Gasteiger partial charge in [0.2, 0.25) is 0 Å². The molecule has 0 atom stereocenters. The van der Waals surface area contributed by atoms with Crippen LogP contribution >= 0.6 is 7.26 Å². The highest BCUT2D eigenvalue weighted by molar-refractivity contribution is 7.95. The molecule has 29 heavy (non-hydrogen) atoms. The fraction of sp³-hybridized carbons (Fsp3) is 0.0385. The summed E-state index contributed by atoms with van der Waals surface area (Å²) in [6, 6.07) is 42.9. The molecule has 0 aliphatic carbocycles. The quantitative estimate of drug-likeness (QED) is 0.459. The Bertz CT molecular complexity index is 976. The number of benzene rings is 4. The Kier molecular flexibility index (Phi) is 6.84. The molecule has 0 aliphatic heterocycles. The zero-order valence-electron chi connectivity index (χ0n) is 15.9. The summed E-state index contributed by atoms with van der Waals surface area (Å²) >= 11 is 0. The minimum absolute atomic E-state index is 0. The second-order valence-corrected chi connectivity index (χ2v) is 10.3. The normalized spacial score (nSPS) is 10.6. The fourth-order valence-corrected chi connectivity index (χ4v) is 7.97. The third kappa shape index (κ3) is 4.25. The first-order chi connectivity index (χ1) is 13.8. The van der Waals surface area contributed by atoms with Crippen molar-refractivity contribution in [1.82, 2.24) is 0 Å². The standard InChI is InChI=1S/C26H21NP.ClH/c27-20-22-16-18-23(19-17-22)21-28(24-10-4-1-5-11-24,25-12-6-2-7-13-25)26-14-8-3-9-15-26;/h1-19H,21H2;1H/q+1;/p-1. The molecule has 0 saturated heterocycles. The highest BCUT2D eigenvalue weighted by Gasteiger charge is 2.45. The molecule has 0 heterocycles. The van der Waals surface area contributed by atoms with Crippen molar-refractivity contribution in [2.45, 2.75) is 6.16 Å². The minimum Gasteiger partial charge on any atom is -1.00 e. The molecule has 0 bridgehead atoms. The maximum Gasteiger partial charge on any atom is 0.116 e. The molecule has 4 aromatic rings. The summed E-state index contributed by atoms with van der Waals surface area (Å²) in [5, 5.41) is 13.3. The van der Waals surface area contributed by atoms with Crippen LogP contribution in [0.15, 0.2) is 115 Å². The average molecular weight is 414 g/mol. The first-order valence-electron chi connectivity index (χ1n) is 9.37. The van der Waals surface area contributed by atoms with E-state index in [0.717, 1.165) is 6.16 Å². The molecule has 1 nitrogen and oxygen atoms in total. The Morgan fingerprint density at radius 2 is 0.931 bits per heavy atom. The molecule has 3 heteroatoms. The van der Waals surface area contributed by atoms with Crippen molar-refractivity contribution in [2.75, 3.05) is 0 Å². The lowest BCUT2D eigenvalue weighted by Crippen LogP contribution is -3.00. The molecular formula is C26H21ClNP. The van der Waals surface area contributed by atoms with Gasteiger partial charge in [0, 0.05) is 0 Å². The van der Waals surface area contributed by atoms with Gasteiger partial charge in [0.1, 0.15) is 23.2 Å². The molecule has 4 rings (SSSR count). The van der Waals surface area contributed by atoms with Crippen LogP contribution in [0.4, 0.5) is 0 Å². The smallest absolute Gasteiger partial charge is 0.116 e. The van der Waals surface area contributed by atoms with E-state index >= 15 is 0 Å².